The molecule has 6 heavy (non-hydrogen) atoms. The molecule has 3 nitrogen and oxygen atoms in total. The van der Waals surface area contributed by atoms with Crippen LogP contribution in [-0.4, -0.2) is 22.4 Å². The molecule has 0 bridgehead atoms. The standard InChI is InChI=1S/BH3O3.Co.Ni/c2-1(3)4;;/h2-4H;;. The smallest absolute Gasteiger partial charge is 0.402 e. The summed E-state index contributed by atoms with van der Waals surface area (Å²) in [7, 11) is -2.17. The van der Waals surface area contributed by atoms with Crippen molar-refractivity contribution in [2.24, 2.45) is 0 Å². The molecular formula is H3BCoNiO3. The molecule has 0 spiro atoms. The van der Waals surface area contributed by atoms with E-state index in [1.807, 2.05) is 0 Å². The van der Waals surface area contributed by atoms with Gasteiger partial charge in [0.05, 0.1) is 0 Å². The Labute approximate surface area is 56.1 Å². The molecule has 0 aromatic heterocycles. The first-order valence-corrected chi connectivity index (χ1v) is 0.775. The summed E-state index contributed by atoms with van der Waals surface area (Å²) in [6.45, 7) is 0. The van der Waals surface area contributed by atoms with E-state index in [0.717, 1.165) is 0 Å². The summed E-state index contributed by atoms with van der Waals surface area (Å²) >= 11 is 0. The van der Waals surface area contributed by atoms with Crippen LogP contribution in [0.15, 0.2) is 0 Å². The largest absolute Gasteiger partial charge is 0.631 e. The second-order valence-corrected chi connectivity index (χ2v) is 0.346. The average molecular weight is 179 g/mol. The molecule has 43 valence electrons. The van der Waals surface area contributed by atoms with Crippen molar-refractivity contribution in [3.63, 3.8) is 0 Å². The fraction of sp³-hybridized carbons (Fsp3) is 0. The van der Waals surface area contributed by atoms with Gasteiger partial charge < -0.3 is 15.1 Å². The molecular weight excluding hydrogens is 176 g/mol. The Morgan fingerprint density at radius 3 is 1.00 bits per heavy atom. The summed E-state index contributed by atoms with van der Waals surface area (Å²) in [4.78, 5) is 0. The first-order valence-electron chi connectivity index (χ1n) is 0.775. The number of hydrogen-bond donors (Lipinski definition) is 3. The van der Waals surface area contributed by atoms with Crippen LogP contribution in [0.3, 0.4) is 0 Å². The van der Waals surface area contributed by atoms with Gasteiger partial charge in [0.1, 0.15) is 0 Å². The normalized spacial score (nSPS) is 4.50. The van der Waals surface area contributed by atoms with Crippen molar-refractivity contribution in [3.05, 3.63) is 0 Å². The van der Waals surface area contributed by atoms with E-state index in [9.17, 15) is 0 Å². The van der Waals surface area contributed by atoms with Gasteiger partial charge in [-0.05, 0) is 0 Å². The van der Waals surface area contributed by atoms with Crippen molar-refractivity contribution < 1.29 is 48.3 Å². The van der Waals surface area contributed by atoms with Gasteiger partial charge in [0, 0.05) is 33.3 Å². The Kier molecular flexibility index (Phi) is 24.6. The summed E-state index contributed by atoms with van der Waals surface area (Å²) in [6.07, 6.45) is 0. The van der Waals surface area contributed by atoms with Crippen LogP contribution in [0.5, 0.6) is 0 Å². The molecule has 6 heteroatoms. The summed E-state index contributed by atoms with van der Waals surface area (Å²) in [5.74, 6) is 0. The fourth-order valence-electron chi connectivity index (χ4n) is 0. The van der Waals surface area contributed by atoms with Crippen LogP contribution in [0.4, 0.5) is 0 Å². The summed E-state index contributed by atoms with van der Waals surface area (Å²) < 4.78 is 0. The maximum absolute atomic E-state index is 7.17. The maximum atomic E-state index is 7.17. The first-order chi connectivity index (χ1) is 1.73. The van der Waals surface area contributed by atoms with Crippen LogP contribution in [-0.2, 0) is 33.3 Å². The monoisotopic (exact) mass is 179 g/mol. The van der Waals surface area contributed by atoms with Crippen LogP contribution in [0, 0.1) is 0 Å². The third-order valence-electron chi connectivity index (χ3n) is 0. The molecule has 0 aromatic rings. The van der Waals surface area contributed by atoms with E-state index in [0.29, 0.717) is 0 Å². The Morgan fingerprint density at radius 2 is 1.00 bits per heavy atom. The van der Waals surface area contributed by atoms with Crippen LogP contribution >= 0.6 is 0 Å². The fourth-order valence-corrected chi connectivity index (χ4v) is 0. The zero-order chi connectivity index (χ0) is 3.58. The van der Waals surface area contributed by atoms with Gasteiger partial charge in [-0.3, -0.25) is 0 Å². The van der Waals surface area contributed by atoms with E-state index in [-0.39, 0.29) is 33.3 Å². The second kappa shape index (κ2) is 9.34. The molecule has 0 fully saturated rings. The van der Waals surface area contributed by atoms with E-state index >= 15 is 0 Å². The number of hydrogen-bond acceptors (Lipinski definition) is 3. The molecule has 0 aliphatic heterocycles. The van der Waals surface area contributed by atoms with Crippen LogP contribution in [0.1, 0.15) is 0 Å². The number of rotatable bonds is 0. The molecule has 0 saturated heterocycles. The molecule has 1 radical (unpaired) electrons. The molecule has 0 aliphatic carbocycles. The minimum absolute atomic E-state index is 0. The SMILES string of the molecule is OB(O)O.[Co].[Ni]. The quantitative estimate of drug-likeness (QED) is 0.375. The zero-order valence-electron chi connectivity index (χ0n) is 2.57. The topological polar surface area (TPSA) is 60.7 Å². The van der Waals surface area contributed by atoms with E-state index < -0.39 is 7.32 Å². The molecule has 0 amide bonds. The predicted octanol–water partition coefficient (Wildman–Crippen LogP) is -2.06. The van der Waals surface area contributed by atoms with Crippen molar-refractivity contribution in [1.29, 1.82) is 0 Å². The molecule has 0 aromatic carbocycles. The van der Waals surface area contributed by atoms with Crippen LogP contribution in [0.2, 0.25) is 0 Å². The van der Waals surface area contributed by atoms with Gasteiger partial charge >= 0.3 is 7.32 Å². The first kappa shape index (κ1) is 15.8. The van der Waals surface area contributed by atoms with Gasteiger partial charge in [-0.2, -0.15) is 0 Å². The third kappa shape index (κ3) is 86.2. The molecule has 0 atom stereocenters. The van der Waals surface area contributed by atoms with Crippen molar-refractivity contribution in [3.8, 4) is 0 Å². The van der Waals surface area contributed by atoms with E-state index in [2.05, 4.69) is 0 Å². The third-order valence-corrected chi connectivity index (χ3v) is 0. The van der Waals surface area contributed by atoms with Gasteiger partial charge in [-0.1, -0.05) is 0 Å². The van der Waals surface area contributed by atoms with Crippen LogP contribution in [0.25, 0.3) is 0 Å². The molecule has 0 aliphatic rings. The second-order valence-electron chi connectivity index (χ2n) is 0.346. The van der Waals surface area contributed by atoms with Crippen molar-refractivity contribution in [2.75, 3.05) is 0 Å². The van der Waals surface area contributed by atoms with Crippen molar-refractivity contribution in [1.82, 2.24) is 0 Å². The van der Waals surface area contributed by atoms with Gasteiger partial charge in [0.2, 0.25) is 0 Å². The molecule has 0 heterocycles. The Bertz CT molecular complexity index is 15.5. The minimum atomic E-state index is -2.17. The summed E-state index contributed by atoms with van der Waals surface area (Å²) in [6, 6.07) is 0. The Hall–Kier alpha value is 0.945. The Morgan fingerprint density at radius 1 is 1.00 bits per heavy atom. The summed E-state index contributed by atoms with van der Waals surface area (Å²) in [5, 5.41) is 21.5. The van der Waals surface area contributed by atoms with Gasteiger partial charge in [-0.25, -0.2) is 0 Å². The van der Waals surface area contributed by atoms with Crippen LogP contribution < -0.4 is 0 Å². The molecule has 0 unspecified atom stereocenters. The van der Waals surface area contributed by atoms with Gasteiger partial charge in [0.15, 0.2) is 0 Å². The maximum Gasteiger partial charge on any atom is 0.631 e. The Balaban J connectivity index is -0.0000000450. The van der Waals surface area contributed by atoms with Crippen molar-refractivity contribution in [2.45, 2.75) is 0 Å². The van der Waals surface area contributed by atoms with E-state index in [1.54, 1.807) is 0 Å². The van der Waals surface area contributed by atoms with E-state index in [1.165, 1.54) is 0 Å². The van der Waals surface area contributed by atoms with Gasteiger partial charge in [-0.15, -0.1) is 0 Å². The van der Waals surface area contributed by atoms with Crippen molar-refractivity contribution >= 4 is 7.32 Å². The molecule has 0 rings (SSSR count). The summed E-state index contributed by atoms with van der Waals surface area (Å²) in [5.41, 5.74) is 0. The minimum Gasteiger partial charge on any atom is -0.402 e. The van der Waals surface area contributed by atoms with Gasteiger partial charge in [0.25, 0.3) is 0 Å². The molecule has 3 N–H and O–H groups in total. The molecule has 0 saturated carbocycles. The zero-order valence-corrected chi connectivity index (χ0v) is 4.60. The van der Waals surface area contributed by atoms with E-state index in [4.69, 9.17) is 15.1 Å². The average Bonchev–Trinajstić information content (AvgIpc) is 0.811. The predicted molar refractivity (Wildman–Crippen MR) is 12.4 cm³/mol.